The van der Waals surface area contributed by atoms with Crippen LogP contribution in [0.5, 0.6) is 0 Å². The van der Waals surface area contributed by atoms with Crippen LogP contribution in [-0.4, -0.2) is 13.1 Å². The van der Waals surface area contributed by atoms with E-state index in [-0.39, 0.29) is 0 Å². The predicted octanol–water partition coefficient (Wildman–Crippen LogP) is 12.4. The van der Waals surface area contributed by atoms with Gasteiger partial charge in [-0.1, -0.05) is 158 Å². The summed E-state index contributed by atoms with van der Waals surface area (Å²) in [6.07, 6.45) is 1.93. The summed E-state index contributed by atoms with van der Waals surface area (Å²) in [7, 11) is 0. The minimum absolute atomic E-state index is 0.888. The summed E-state index contributed by atoms with van der Waals surface area (Å²) in [5, 5.41) is 5.05. The van der Waals surface area contributed by atoms with Crippen molar-refractivity contribution in [1.29, 1.82) is 0 Å². The molecule has 0 N–H and O–H groups in total. The van der Waals surface area contributed by atoms with Crippen LogP contribution in [0.2, 0.25) is 0 Å². The molecular weight excluding hydrogens is 605 g/mol. The molecule has 0 radical (unpaired) electrons. The maximum absolute atomic E-state index is 2.47. The molecule has 8 aromatic carbocycles. The van der Waals surface area contributed by atoms with Gasteiger partial charge in [0.1, 0.15) is 0 Å². The summed E-state index contributed by atoms with van der Waals surface area (Å²) in [5.74, 6) is 0. The molecule has 0 aliphatic carbocycles. The second kappa shape index (κ2) is 14.6. The molecule has 0 atom stereocenters. The van der Waals surface area contributed by atoms with E-state index >= 15 is 0 Å². The average molecular weight is 645 g/mol. The third kappa shape index (κ3) is 6.74. The normalized spacial score (nSPS) is 11.1. The van der Waals surface area contributed by atoms with Crippen LogP contribution in [0, 0.1) is 0 Å². The quantitative estimate of drug-likeness (QED) is 0.138. The highest BCUT2D eigenvalue weighted by Gasteiger charge is 2.15. The van der Waals surface area contributed by atoms with Gasteiger partial charge in [-0.05, 0) is 82.3 Å². The van der Waals surface area contributed by atoms with E-state index in [1.807, 2.05) is 0 Å². The van der Waals surface area contributed by atoms with E-state index in [1.165, 1.54) is 66.5 Å². The summed E-state index contributed by atoms with van der Waals surface area (Å²) in [6.45, 7) is 1.78. The van der Waals surface area contributed by atoms with Gasteiger partial charge in [-0.15, -0.1) is 0 Å². The third-order valence-electron chi connectivity index (χ3n) is 9.74. The monoisotopic (exact) mass is 644 g/mol. The van der Waals surface area contributed by atoms with E-state index < -0.39 is 0 Å². The lowest BCUT2D eigenvalue weighted by molar-refractivity contribution is 0.917. The molecule has 0 spiro atoms. The first-order chi connectivity index (χ1) is 24.8. The van der Waals surface area contributed by atoms with Crippen LogP contribution in [0.4, 0.5) is 22.7 Å². The zero-order valence-electron chi connectivity index (χ0n) is 28.2. The van der Waals surface area contributed by atoms with E-state index in [9.17, 15) is 0 Å². The standard InChI is InChI=1S/C48H40N2/c1-3-13-37(14-4-1)33-35-49(47-23-11-19-41-17-7-9-21-45(41)47)43-29-25-39(26-30-43)40-27-31-44(32-28-40)50(36-34-38-15-5-2-6-16-38)48-24-12-20-42-18-8-10-22-46(42)48/h1-32H,33-36H2. The molecule has 2 nitrogen and oxygen atoms in total. The maximum atomic E-state index is 2.47. The molecule has 8 rings (SSSR count). The van der Waals surface area contributed by atoms with Crippen molar-refractivity contribution in [1.82, 2.24) is 0 Å². The first kappa shape index (κ1) is 31.2. The van der Waals surface area contributed by atoms with Crippen molar-refractivity contribution in [3.05, 3.63) is 205 Å². The molecule has 0 saturated heterocycles. The van der Waals surface area contributed by atoms with Crippen molar-refractivity contribution in [3.63, 3.8) is 0 Å². The minimum atomic E-state index is 0.888. The summed E-state index contributed by atoms with van der Waals surface area (Å²) in [6, 6.07) is 70.3. The van der Waals surface area contributed by atoms with Crippen molar-refractivity contribution in [2.45, 2.75) is 12.8 Å². The molecule has 0 aliphatic rings. The molecule has 0 unspecified atom stereocenters. The second-order valence-corrected chi connectivity index (χ2v) is 12.9. The lowest BCUT2D eigenvalue weighted by atomic mass is 10.0. The number of hydrogen-bond donors (Lipinski definition) is 0. The third-order valence-corrected chi connectivity index (χ3v) is 9.74. The molecule has 0 fully saturated rings. The number of anilines is 4. The fourth-order valence-corrected chi connectivity index (χ4v) is 7.10. The molecule has 8 aromatic rings. The van der Waals surface area contributed by atoms with Gasteiger partial charge in [-0.25, -0.2) is 0 Å². The van der Waals surface area contributed by atoms with Gasteiger partial charge in [-0.3, -0.25) is 0 Å². The highest BCUT2D eigenvalue weighted by atomic mass is 15.1. The number of benzene rings is 8. The van der Waals surface area contributed by atoms with Crippen LogP contribution in [0.3, 0.4) is 0 Å². The van der Waals surface area contributed by atoms with Gasteiger partial charge in [-0.2, -0.15) is 0 Å². The molecule has 0 aromatic heterocycles. The van der Waals surface area contributed by atoms with Crippen LogP contribution in [0.1, 0.15) is 11.1 Å². The molecule has 0 amide bonds. The lowest BCUT2D eigenvalue weighted by Gasteiger charge is -2.27. The smallest absolute Gasteiger partial charge is 0.0490 e. The Bertz CT molecular complexity index is 2130. The van der Waals surface area contributed by atoms with E-state index in [2.05, 4.69) is 204 Å². The van der Waals surface area contributed by atoms with E-state index in [4.69, 9.17) is 0 Å². The number of nitrogens with zero attached hydrogens (tertiary/aromatic N) is 2. The maximum Gasteiger partial charge on any atom is 0.0490 e. The van der Waals surface area contributed by atoms with Crippen molar-refractivity contribution in [3.8, 4) is 11.1 Å². The van der Waals surface area contributed by atoms with Crippen molar-refractivity contribution < 1.29 is 0 Å². The highest BCUT2D eigenvalue weighted by Crippen LogP contribution is 2.36. The van der Waals surface area contributed by atoms with Gasteiger partial charge in [0, 0.05) is 46.6 Å². The Morgan fingerprint density at radius 2 is 0.660 bits per heavy atom. The van der Waals surface area contributed by atoms with Crippen LogP contribution in [-0.2, 0) is 12.8 Å². The van der Waals surface area contributed by atoms with Crippen molar-refractivity contribution in [2.24, 2.45) is 0 Å². The van der Waals surface area contributed by atoms with Crippen LogP contribution < -0.4 is 9.80 Å². The fourth-order valence-electron chi connectivity index (χ4n) is 7.10. The van der Waals surface area contributed by atoms with Gasteiger partial charge in [0.15, 0.2) is 0 Å². The molecule has 0 aliphatic heterocycles. The first-order valence-electron chi connectivity index (χ1n) is 17.6. The Morgan fingerprint density at radius 3 is 1.08 bits per heavy atom. The van der Waals surface area contributed by atoms with Crippen LogP contribution in [0.25, 0.3) is 32.7 Å². The lowest BCUT2D eigenvalue weighted by Crippen LogP contribution is -2.20. The van der Waals surface area contributed by atoms with E-state index in [1.54, 1.807) is 0 Å². The van der Waals surface area contributed by atoms with Gasteiger partial charge >= 0.3 is 0 Å². The first-order valence-corrected chi connectivity index (χ1v) is 17.6. The zero-order valence-corrected chi connectivity index (χ0v) is 28.2. The van der Waals surface area contributed by atoms with Gasteiger partial charge in [0.25, 0.3) is 0 Å². The Labute approximate surface area is 295 Å². The summed E-state index contributed by atoms with van der Waals surface area (Å²) < 4.78 is 0. The predicted molar refractivity (Wildman–Crippen MR) is 214 cm³/mol. The molecule has 242 valence electrons. The molecule has 0 saturated carbocycles. The van der Waals surface area contributed by atoms with E-state index in [0.717, 1.165) is 25.9 Å². The number of rotatable bonds is 11. The van der Waals surface area contributed by atoms with Crippen molar-refractivity contribution in [2.75, 3.05) is 22.9 Å². The summed E-state index contributed by atoms with van der Waals surface area (Å²) in [5.41, 5.74) is 9.97. The minimum Gasteiger partial charge on any atom is -0.341 e. The van der Waals surface area contributed by atoms with E-state index in [0.29, 0.717) is 0 Å². The van der Waals surface area contributed by atoms with Crippen molar-refractivity contribution >= 4 is 44.3 Å². The topological polar surface area (TPSA) is 6.48 Å². The second-order valence-electron chi connectivity index (χ2n) is 12.9. The van der Waals surface area contributed by atoms with Gasteiger partial charge < -0.3 is 9.80 Å². The molecular formula is C48H40N2. The Balaban J connectivity index is 1.09. The largest absolute Gasteiger partial charge is 0.341 e. The summed E-state index contributed by atoms with van der Waals surface area (Å²) in [4.78, 5) is 4.94. The fraction of sp³-hybridized carbons (Fsp3) is 0.0833. The molecule has 50 heavy (non-hydrogen) atoms. The number of fused-ring (bicyclic) bond motifs is 2. The SMILES string of the molecule is c1ccc(CCN(c2ccc(-c3ccc(N(CCc4ccccc4)c4cccc5ccccc45)cc3)cc2)c2cccc3ccccc23)cc1. The molecule has 0 heterocycles. The zero-order chi connectivity index (χ0) is 33.5. The Kier molecular flexibility index (Phi) is 9.07. The number of hydrogen-bond acceptors (Lipinski definition) is 2. The van der Waals surface area contributed by atoms with Crippen LogP contribution in [0.15, 0.2) is 194 Å². The highest BCUT2D eigenvalue weighted by molar-refractivity contribution is 5.97. The van der Waals surface area contributed by atoms with Crippen LogP contribution >= 0.6 is 0 Å². The molecule has 2 heteroatoms. The Hall–Kier alpha value is -6.12. The molecule has 0 bridgehead atoms. The Morgan fingerprint density at radius 1 is 0.300 bits per heavy atom. The van der Waals surface area contributed by atoms with Gasteiger partial charge in [0.05, 0.1) is 0 Å². The summed E-state index contributed by atoms with van der Waals surface area (Å²) >= 11 is 0. The average Bonchev–Trinajstić information content (AvgIpc) is 3.19. The van der Waals surface area contributed by atoms with Gasteiger partial charge in [0.2, 0.25) is 0 Å².